The van der Waals surface area contributed by atoms with E-state index in [1.165, 1.54) is 6.33 Å². The number of nitrogens with one attached hydrogen (secondary N) is 1. The van der Waals surface area contributed by atoms with Crippen LogP contribution >= 0.6 is 22.9 Å². The van der Waals surface area contributed by atoms with E-state index in [0.717, 1.165) is 33.3 Å². The van der Waals surface area contributed by atoms with Gasteiger partial charge in [-0.25, -0.2) is 19.3 Å². The van der Waals surface area contributed by atoms with Gasteiger partial charge in [0.2, 0.25) is 5.28 Å². The molecular weight excluding hydrogens is 395 g/mol. The Balaban J connectivity index is 0.000000817. The quantitative estimate of drug-likeness (QED) is 0.431. The maximum atomic E-state index is 13.7. The van der Waals surface area contributed by atoms with Gasteiger partial charge in [0.25, 0.3) is 6.47 Å². The highest BCUT2D eigenvalue weighted by atomic mass is 35.5. The molecule has 0 aromatic carbocycles. The van der Waals surface area contributed by atoms with E-state index >= 15 is 0 Å². The number of fused-ring (bicyclic) bond motifs is 1. The molecule has 0 aliphatic heterocycles. The molecule has 4 N–H and O–H groups in total. The fraction of sp³-hybridized carbons (Fsp3) is 0.312. The van der Waals surface area contributed by atoms with Crippen molar-refractivity contribution in [2.24, 2.45) is 5.73 Å². The summed E-state index contributed by atoms with van der Waals surface area (Å²) < 4.78 is 14.5. The molecule has 1 unspecified atom stereocenters. The Kier molecular flexibility index (Phi) is 7.34. The first kappa shape index (κ1) is 20.9. The molecule has 0 aliphatic rings. The zero-order chi connectivity index (χ0) is 20.0. The first-order valence-electron chi connectivity index (χ1n) is 7.84. The summed E-state index contributed by atoms with van der Waals surface area (Å²) in [4.78, 5) is 25.6. The number of halogens is 2. The number of nitrogens with two attached hydrogens (primary N) is 1. The summed E-state index contributed by atoms with van der Waals surface area (Å²) in [5, 5.41) is 10.1. The summed E-state index contributed by atoms with van der Waals surface area (Å²) in [7, 11) is 0. The molecule has 3 rings (SSSR count). The van der Waals surface area contributed by atoms with Crippen LogP contribution in [0.2, 0.25) is 5.28 Å². The summed E-state index contributed by atoms with van der Waals surface area (Å²) in [5.41, 5.74) is 8.01. The van der Waals surface area contributed by atoms with Crippen molar-refractivity contribution in [1.29, 1.82) is 0 Å². The van der Waals surface area contributed by atoms with Gasteiger partial charge in [0.05, 0.1) is 28.7 Å². The van der Waals surface area contributed by atoms with Gasteiger partial charge in [-0.15, -0.1) is 11.3 Å². The highest BCUT2D eigenvalue weighted by molar-refractivity contribution is 7.19. The topological polar surface area (TPSA) is 127 Å². The number of aromatic nitrogens is 4. The second-order valence-corrected chi connectivity index (χ2v) is 7.07. The Morgan fingerprint density at radius 2 is 2.19 bits per heavy atom. The summed E-state index contributed by atoms with van der Waals surface area (Å²) in [6.45, 7) is 3.88. The molecule has 3 aromatic rings. The molecule has 0 saturated heterocycles. The number of carbonyl (C=O) groups is 1. The molecule has 1 atom stereocenters. The Bertz CT molecular complexity index is 937. The second kappa shape index (κ2) is 9.49. The average molecular weight is 413 g/mol. The van der Waals surface area contributed by atoms with E-state index in [1.54, 1.807) is 11.3 Å². The Morgan fingerprint density at radius 3 is 2.81 bits per heavy atom. The van der Waals surface area contributed by atoms with Crippen molar-refractivity contribution in [3.63, 3.8) is 0 Å². The zero-order valence-electron chi connectivity index (χ0n) is 14.6. The van der Waals surface area contributed by atoms with Crippen LogP contribution in [0.4, 0.5) is 10.2 Å². The Morgan fingerprint density at radius 1 is 1.48 bits per heavy atom. The number of carboxylic acid groups (broad SMARTS) is 1. The fourth-order valence-corrected chi connectivity index (χ4v) is 3.87. The molecule has 11 heteroatoms. The van der Waals surface area contributed by atoms with Gasteiger partial charge in [-0.05, 0) is 37.4 Å². The van der Waals surface area contributed by atoms with Crippen molar-refractivity contribution < 1.29 is 14.3 Å². The molecule has 3 heterocycles. The third-order valence-electron chi connectivity index (χ3n) is 3.51. The number of hydrogen-bond acceptors (Lipinski definition) is 8. The van der Waals surface area contributed by atoms with Crippen molar-refractivity contribution in [1.82, 2.24) is 19.9 Å². The van der Waals surface area contributed by atoms with Crippen molar-refractivity contribution in [2.45, 2.75) is 32.9 Å². The van der Waals surface area contributed by atoms with Crippen LogP contribution in [0.25, 0.3) is 10.2 Å². The van der Waals surface area contributed by atoms with Gasteiger partial charge < -0.3 is 16.2 Å². The number of anilines is 1. The van der Waals surface area contributed by atoms with E-state index in [0.29, 0.717) is 5.82 Å². The number of thiophene rings is 1. The lowest BCUT2D eigenvalue weighted by Crippen LogP contribution is -2.17. The zero-order valence-corrected chi connectivity index (χ0v) is 16.2. The van der Waals surface area contributed by atoms with Gasteiger partial charge in [0.15, 0.2) is 5.82 Å². The third kappa shape index (κ3) is 5.28. The number of rotatable bonds is 5. The van der Waals surface area contributed by atoms with Gasteiger partial charge in [-0.2, -0.15) is 4.98 Å². The summed E-state index contributed by atoms with van der Waals surface area (Å²) in [6.07, 6.45) is 3.19. The molecule has 0 bridgehead atoms. The summed E-state index contributed by atoms with van der Waals surface area (Å²) in [5.74, 6) is 0.0911. The molecule has 144 valence electrons. The van der Waals surface area contributed by atoms with Crippen molar-refractivity contribution in [3.05, 3.63) is 39.8 Å². The molecule has 0 radical (unpaired) electrons. The van der Waals surface area contributed by atoms with Crippen molar-refractivity contribution in [2.75, 3.05) is 5.32 Å². The van der Waals surface area contributed by atoms with Gasteiger partial charge in [-0.3, -0.25) is 4.79 Å². The number of hydrogen-bond donors (Lipinski definition) is 3. The monoisotopic (exact) mass is 412 g/mol. The van der Waals surface area contributed by atoms with Crippen molar-refractivity contribution in [3.8, 4) is 0 Å². The SMILES string of the molecule is Cc1c(CC(C)N)sc2c(NCc3ncncc3F)nc(Cl)nc12.O=CO. The predicted octanol–water partition coefficient (Wildman–Crippen LogP) is 2.78. The smallest absolute Gasteiger partial charge is 0.290 e. The van der Waals surface area contributed by atoms with Gasteiger partial charge >= 0.3 is 0 Å². The standard InChI is InChI=1S/C15H16ClFN6S.CH2O2/c1-7(18)3-11-8(2)12-13(24-11)14(23-15(16)22-12)20-5-10-9(17)4-19-6-21-10;2-1-3/h4,6-7H,3,5,18H2,1-2H3,(H,20,22,23);1H,(H,2,3). The van der Waals surface area contributed by atoms with Crippen LogP contribution in [0.1, 0.15) is 23.1 Å². The van der Waals surface area contributed by atoms with E-state index in [1.807, 2.05) is 13.8 Å². The Labute approximate surface area is 163 Å². The molecule has 0 aliphatic carbocycles. The highest BCUT2D eigenvalue weighted by Gasteiger charge is 2.17. The van der Waals surface area contributed by atoms with Crippen molar-refractivity contribution >= 4 is 45.4 Å². The van der Waals surface area contributed by atoms with E-state index in [-0.39, 0.29) is 30.0 Å². The maximum absolute atomic E-state index is 13.7. The van der Waals surface area contributed by atoms with E-state index in [4.69, 9.17) is 27.2 Å². The van der Waals surface area contributed by atoms with Crippen LogP contribution in [0.3, 0.4) is 0 Å². The molecule has 27 heavy (non-hydrogen) atoms. The molecule has 0 saturated carbocycles. The van der Waals surface area contributed by atoms with Gasteiger partial charge in [-0.1, -0.05) is 0 Å². The molecule has 0 amide bonds. The van der Waals surface area contributed by atoms with Gasteiger partial charge in [0.1, 0.15) is 12.1 Å². The van der Waals surface area contributed by atoms with E-state index < -0.39 is 5.82 Å². The van der Waals surface area contributed by atoms with Gasteiger partial charge in [0, 0.05) is 10.9 Å². The largest absolute Gasteiger partial charge is 0.483 e. The minimum absolute atomic E-state index is 0.0479. The van der Waals surface area contributed by atoms with Crippen LogP contribution in [-0.4, -0.2) is 37.6 Å². The fourth-order valence-electron chi connectivity index (χ4n) is 2.35. The number of aryl methyl sites for hydroxylation is 1. The molecule has 0 spiro atoms. The van der Waals surface area contributed by atoms with Crippen LogP contribution in [0.15, 0.2) is 12.5 Å². The molecule has 0 fully saturated rings. The first-order chi connectivity index (χ1) is 12.9. The molecular formula is C16H18ClFN6O2S. The predicted molar refractivity (Wildman–Crippen MR) is 103 cm³/mol. The van der Waals surface area contributed by atoms with Crippen LogP contribution in [0, 0.1) is 12.7 Å². The summed E-state index contributed by atoms with van der Waals surface area (Å²) >= 11 is 7.62. The van der Waals surface area contributed by atoms with Crippen LogP contribution < -0.4 is 11.1 Å². The lowest BCUT2D eigenvalue weighted by atomic mass is 10.1. The minimum atomic E-state index is -0.471. The van der Waals surface area contributed by atoms with E-state index in [9.17, 15) is 4.39 Å². The Hall–Kier alpha value is -2.43. The molecule has 8 nitrogen and oxygen atoms in total. The highest BCUT2D eigenvalue weighted by Crippen LogP contribution is 2.35. The third-order valence-corrected chi connectivity index (χ3v) is 4.99. The van der Waals surface area contributed by atoms with Crippen LogP contribution in [-0.2, 0) is 17.8 Å². The average Bonchev–Trinajstić information content (AvgIpc) is 2.90. The second-order valence-electron chi connectivity index (χ2n) is 5.63. The number of nitrogens with zero attached hydrogens (tertiary/aromatic N) is 4. The molecule has 3 aromatic heterocycles. The summed E-state index contributed by atoms with van der Waals surface area (Å²) in [6, 6.07) is 0.0479. The maximum Gasteiger partial charge on any atom is 0.290 e. The van der Waals surface area contributed by atoms with E-state index in [2.05, 4.69) is 25.3 Å². The van der Waals surface area contributed by atoms with Crippen LogP contribution in [0.5, 0.6) is 0 Å². The lowest BCUT2D eigenvalue weighted by molar-refractivity contribution is -0.122. The normalized spacial score (nSPS) is 11.6. The lowest BCUT2D eigenvalue weighted by Gasteiger charge is -2.07. The minimum Gasteiger partial charge on any atom is -0.483 e. The first-order valence-corrected chi connectivity index (χ1v) is 9.04.